The first-order chi connectivity index (χ1) is 8.34. The highest BCUT2D eigenvalue weighted by molar-refractivity contribution is 9.10. The molecule has 1 aliphatic rings. The SMILES string of the molecule is OC1(c2cccc(C(F)(F)F)c2Br)CCCNC1. The van der Waals surface area contributed by atoms with Crippen LogP contribution in [0.3, 0.4) is 0 Å². The van der Waals surface area contributed by atoms with E-state index in [2.05, 4.69) is 21.2 Å². The van der Waals surface area contributed by atoms with Crippen LogP contribution in [0.4, 0.5) is 13.2 Å². The third kappa shape index (κ3) is 2.55. The number of piperidine rings is 1. The molecule has 1 fully saturated rings. The summed E-state index contributed by atoms with van der Waals surface area (Å²) in [5, 5.41) is 13.5. The molecule has 18 heavy (non-hydrogen) atoms. The van der Waals surface area contributed by atoms with E-state index in [9.17, 15) is 18.3 Å². The molecule has 1 aromatic carbocycles. The second-order valence-electron chi connectivity index (χ2n) is 4.48. The Hall–Kier alpha value is -0.590. The maximum atomic E-state index is 12.8. The van der Waals surface area contributed by atoms with Crippen LogP contribution >= 0.6 is 15.9 Å². The van der Waals surface area contributed by atoms with Gasteiger partial charge in [0.2, 0.25) is 0 Å². The van der Waals surface area contributed by atoms with Crippen LogP contribution in [0.2, 0.25) is 0 Å². The van der Waals surface area contributed by atoms with Gasteiger partial charge in [-0.15, -0.1) is 0 Å². The highest BCUT2D eigenvalue weighted by Gasteiger charge is 2.38. The Labute approximate surface area is 111 Å². The molecule has 6 heteroatoms. The summed E-state index contributed by atoms with van der Waals surface area (Å²) < 4.78 is 38.3. The predicted octanol–water partition coefficient (Wildman–Crippen LogP) is 3.04. The number of aliphatic hydroxyl groups is 1. The van der Waals surface area contributed by atoms with E-state index in [0.717, 1.165) is 19.0 Å². The maximum absolute atomic E-state index is 12.8. The molecule has 0 amide bonds. The number of nitrogens with one attached hydrogen (secondary N) is 1. The van der Waals surface area contributed by atoms with E-state index in [0.29, 0.717) is 12.0 Å². The molecule has 1 unspecified atom stereocenters. The topological polar surface area (TPSA) is 32.3 Å². The van der Waals surface area contributed by atoms with E-state index in [-0.39, 0.29) is 11.0 Å². The number of halogens is 4. The molecular formula is C12H13BrF3NO. The van der Waals surface area contributed by atoms with Gasteiger partial charge in [0, 0.05) is 11.0 Å². The Morgan fingerprint density at radius 2 is 2.06 bits per heavy atom. The molecule has 1 aliphatic heterocycles. The molecule has 0 bridgehead atoms. The predicted molar refractivity (Wildman–Crippen MR) is 65.1 cm³/mol. The Balaban J connectivity index is 2.45. The average molecular weight is 324 g/mol. The lowest BCUT2D eigenvalue weighted by Gasteiger charge is -2.34. The Morgan fingerprint density at radius 3 is 2.61 bits per heavy atom. The summed E-state index contributed by atoms with van der Waals surface area (Å²) in [6.45, 7) is 1.05. The highest BCUT2D eigenvalue weighted by Crippen LogP contribution is 2.41. The summed E-state index contributed by atoms with van der Waals surface area (Å²) in [7, 11) is 0. The normalized spacial score (nSPS) is 25.2. The lowest BCUT2D eigenvalue weighted by molar-refractivity contribution is -0.138. The van der Waals surface area contributed by atoms with Crippen molar-refractivity contribution >= 4 is 15.9 Å². The highest BCUT2D eigenvalue weighted by atomic mass is 79.9. The molecule has 1 atom stereocenters. The lowest BCUT2D eigenvalue weighted by Crippen LogP contribution is -2.43. The Bertz CT molecular complexity index is 441. The third-order valence-corrected chi connectivity index (χ3v) is 4.02. The van der Waals surface area contributed by atoms with Gasteiger partial charge in [-0.3, -0.25) is 0 Å². The molecular weight excluding hydrogens is 311 g/mol. The van der Waals surface area contributed by atoms with Crippen LogP contribution in [0.15, 0.2) is 22.7 Å². The van der Waals surface area contributed by atoms with Gasteiger partial charge in [0.25, 0.3) is 0 Å². The minimum atomic E-state index is -4.42. The van der Waals surface area contributed by atoms with E-state index < -0.39 is 17.3 Å². The zero-order chi connectivity index (χ0) is 13.4. The summed E-state index contributed by atoms with van der Waals surface area (Å²) >= 11 is 2.98. The molecule has 0 aromatic heterocycles. The fourth-order valence-electron chi connectivity index (χ4n) is 2.23. The summed E-state index contributed by atoms with van der Waals surface area (Å²) in [6, 6.07) is 3.87. The number of rotatable bonds is 1. The van der Waals surface area contributed by atoms with Crippen molar-refractivity contribution in [1.29, 1.82) is 0 Å². The molecule has 1 heterocycles. The van der Waals surface area contributed by atoms with Gasteiger partial charge in [-0.2, -0.15) is 13.2 Å². The van der Waals surface area contributed by atoms with Crippen molar-refractivity contribution in [2.75, 3.05) is 13.1 Å². The standard InChI is InChI=1S/C12H13BrF3NO/c13-10-8(11(18)5-2-6-17-7-11)3-1-4-9(10)12(14,15)16/h1,3-4,17-18H,2,5-7H2. The van der Waals surface area contributed by atoms with Crippen LogP contribution in [0, 0.1) is 0 Å². The third-order valence-electron chi connectivity index (χ3n) is 3.17. The van der Waals surface area contributed by atoms with Gasteiger partial charge in [0.05, 0.1) is 5.56 Å². The van der Waals surface area contributed by atoms with Crippen molar-refractivity contribution in [2.45, 2.75) is 24.6 Å². The number of hydrogen-bond acceptors (Lipinski definition) is 2. The molecule has 0 saturated carbocycles. The van der Waals surface area contributed by atoms with Gasteiger partial charge in [-0.05, 0) is 46.9 Å². The van der Waals surface area contributed by atoms with Crippen molar-refractivity contribution in [3.05, 3.63) is 33.8 Å². The van der Waals surface area contributed by atoms with Crippen LogP contribution in [-0.2, 0) is 11.8 Å². The van der Waals surface area contributed by atoms with E-state index in [4.69, 9.17) is 0 Å². The summed E-state index contributed by atoms with van der Waals surface area (Å²) in [6.07, 6.45) is -3.23. The summed E-state index contributed by atoms with van der Waals surface area (Å²) in [4.78, 5) is 0. The van der Waals surface area contributed by atoms with E-state index in [1.807, 2.05) is 0 Å². The van der Waals surface area contributed by atoms with Crippen molar-refractivity contribution in [1.82, 2.24) is 5.32 Å². The zero-order valence-corrected chi connectivity index (χ0v) is 11.1. The molecule has 0 aliphatic carbocycles. The summed E-state index contributed by atoms with van der Waals surface area (Å²) in [5.41, 5.74) is -1.69. The van der Waals surface area contributed by atoms with Gasteiger partial charge in [0.15, 0.2) is 0 Å². The van der Waals surface area contributed by atoms with Gasteiger partial charge in [0.1, 0.15) is 5.60 Å². The molecule has 2 nitrogen and oxygen atoms in total. The zero-order valence-electron chi connectivity index (χ0n) is 9.52. The molecule has 1 aromatic rings. The van der Waals surface area contributed by atoms with Gasteiger partial charge in [-0.25, -0.2) is 0 Å². The second kappa shape index (κ2) is 4.83. The van der Waals surface area contributed by atoms with Gasteiger partial charge < -0.3 is 10.4 Å². The Kier molecular flexibility index (Phi) is 3.71. The summed E-state index contributed by atoms with van der Waals surface area (Å²) in [5.74, 6) is 0. The van der Waals surface area contributed by atoms with E-state index in [1.54, 1.807) is 0 Å². The minimum Gasteiger partial charge on any atom is -0.384 e. The van der Waals surface area contributed by atoms with Crippen LogP contribution < -0.4 is 5.32 Å². The van der Waals surface area contributed by atoms with Crippen LogP contribution in [0.1, 0.15) is 24.0 Å². The molecule has 0 radical (unpaired) electrons. The van der Waals surface area contributed by atoms with Crippen LogP contribution in [0.25, 0.3) is 0 Å². The fraction of sp³-hybridized carbons (Fsp3) is 0.500. The van der Waals surface area contributed by atoms with Crippen molar-refractivity contribution in [3.63, 3.8) is 0 Å². The van der Waals surface area contributed by atoms with E-state index in [1.165, 1.54) is 12.1 Å². The Morgan fingerprint density at radius 1 is 1.33 bits per heavy atom. The lowest BCUT2D eigenvalue weighted by atomic mass is 9.86. The largest absolute Gasteiger partial charge is 0.417 e. The molecule has 2 N–H and O–H groups in total. The maximum Gasteiger partial charge on any atom is 0.417 e. The minimum absolute atomic E-state index is 0.0660. The van der Waals surface area contributed by atoms with Crippen molar-refractivity contribution < 1.29 is 18.3 Å². The average Bonchev–Trinajstić information content (AvgIpc) is 2.28. The van der Waals surface area contributed by atoms with Gasteiger partial charge >= 0.3 is 6.18 Å². The van der Waals surface area contributed by atoms with Crippen molar-refractivity contribution in [2.24, 2.45) is 0 Å². The molecule has 1 saturated heterocycles. The van der Waals surface area contributed by atoms with Gasteiger partial charge in [-0.1, -0.05) is 12.1 Å². The number of benzene rings is 1. The molecule has 0 spiro atoms. The monoisotopic (exact) mass is 323 g/mol. The fourth-order valence-corrected chi connectivity index (χ4v) is 3.09. The second-order valence-corrected chi connectivity index (χ2v) is 5.27. The van der Waals surface area contributed by atoms with E-state index >= 15 is 0 Å². The van der Waals surface area contributed by atoms with Crippen LogP contribution in [0.5, 0.6) is 0 Å². The first-order valence-electron chi connectivity index (χ1n) is 5.64. The number of β-amino-alcohol motifs (C(OH)–C–C–N with tert-alkyl or cyclic N) is 1. The van der Waals surface area contributed by atoms with Crippen molar-refractivity contribution in [3.8, 4) is 0 Å². The first kappa shape index (κ1) is 13.8. The number of hydrogen-bond donors (Lipinski definition) is 2. The molecule has 2 rings (SSSR count). The quantitative estimate of drug-likeness (QED) is 0.832. The first-order valence-corrected chi connectivity index (χ1v) is 6.43. The molecule has 100 valence electrons. The smallest absolute Gasteiger partial charge is 0.384 e. The van der Waals surface area contributed by atoms with Crippen LogP contribution in [-0.4, -0.2) is 18.2 Å². The number of alkyl halides is 3.